The summed E-state index contributed by atoms with van der Waals surface area (Å²) >= 11 is 0. The molecule has 1 aliphatic heterocycles. The van der Waals surface area contributed by atoms with Gasteiger partial charge in [-0.3, -0.25) is 4.79 Å². The minimum absolute atomic E-state index is 0.109. The average molecular weight is 578 g/mol. The maximum atomic E-state index is 12.0. The van der Waals surface area contributed by atoms with Gasteiger partial charge in [-0.15, -0.1) is 0 Å². The van der Waals surface area contributed by atoms with Gasteiger partial charge in [-0.25, -0.2) is 0 Å². The maximum absolute atomic E-state index is 12.0. The number of carbonyl (C=O) groups excluding carboxylic acids is 1. The van der Waals surface area contributed by atoms with Crippen LogP contribution in [0.5, 0.6) is 11.5 Å². The second-order valence-electron chi connectivity index (χ2n) is 10.1. The summed E-state index contributed by atoms with van der Waals surface area (Å²) in [5, 5.41) is 12.9. The number of amides is 1. The smallest absolute Gasteiger partial charge is 0.251 e. The first kappa shape index (κ1) is 29.3. The van der Waals surface area contributed by atoms with Crippen LogP contribution in [0.3, 0.4) is 0 Å². The zero-order valence-corrected chi connectivity index (χ0v) is 23.8. The molecule has 0 unspecified atom stereocenters. The number of para-hydroxylation sites is 1. The molecular weight excluding hydrogens is 538 g/mol. The lowest BCUT2D eigenvalue weighted by Crippen LogP contribution is -2.27. The number of carbonyl (C=O) groups is 1. The number of rotatable bonds is 16. The third-order valence-electron chi connectivity index (χ3n) is 6.96. The highest BCUT2D eigenvalue weighted by Gasteiger charge is 2.18. The molecular formula is C30H39N7O5. The van der Waals surface area contributed by atoms with Crippen LogP contribution in [0.2, 0.25) is 0 Å². The first-order chi connectivity index (χ1) is 20.7. The van der Waals surface area contributed by atoms with Crippen LogP contribution < -0.4 is 30.7 Å². The van der Waals surface area contributed by atoms with E-state index in [2.05, 4.69) is 36.2 Å². The predicted molar refractivity (Wildman–Crippen MR) is 159 cm³/mol. The minimum Gasteiger partial charge on any atom is -0.454 e. The summed E-state index contributed by atoms with van der Waals surface area (Å²) in [5.74, 6) is 2.87. The van der Waals surface area contributed by atoms with Gasteiger partial charge in [0, 0.05) is 36.8 Å². The molecule has 1 fully saturated rings. The van der Waals surface area contributed by atoms with E-state index in [0.717, 1.165) is 29.9 Å². The number of aromatic nitrogens is 3. The lowest BCUT2D eigenvalue weighted by atomic mass is 9.96. The SMILES string of the molecule is O=C(NCCOCCOCCNc1nc(NCc2cccc3c2OCO3)nc(NC2CCCCC2)n1)c1ccccc1. The molecule has 0 bridgehead atoms. The summed E-state index contributed by atoms with van der Waals surface area (Å²) in [5.41, 5.74) is 1.60. The molecule has 1 aromatic heterocycles. The summed E-state index contributed by atoms with van der Waals surface area (Å²) in [6.45, 7) is 3.44. The van der Waals surface area contributed by atoms with Crippen LogP contribution >= 0.6 is 0 Å². The van der Waals surface area contributed by atoms with E-state index in [0.29, 0.717) is 75.5 Å². The average Bonchev–Trinajstić information content (AvgIpc) is 3.51. The van der Waals surface area contributed by atoms with Crippen LogP contribution in [0.25, 0.3) is 0 Å². The summed E-state index contributed by atoms with van der Waals surface area (Å²) in [6.07, 6.45) is 5.92. The summed E-state index contributed by atoms with van der Waals surface area (Å²) in [6, 6.07) is 15.3. The molecule has 0 radical (unpaired) electrons. The van der Waals surface area contributed by atoms with E-state index in [9.17, 15) is 4.79 Å². The number of anilines is 3. The maximum Gasteiger partial charge on any atom is 0.251 e. The van der Waals surface area contributed by atoms with Gasteiger partial charge in [0.2, 0.25) is 24.6 Å². The van der Waals surface area contributed by atoms with Crippen molar-refractivity contribution in [1.29, 1.82) is 0 Å². The molecule has 42 heavy (non-hydrogen) atoms. The second kappa shape index (κ2) is 15.7. The van der Waals surface area contributed by atoms with E-state index in [1.165, 1.54) is 19.3 Å². The van der Waals surface area contributed by atoms with Crippen LogP contribution in [0.15, 0.2) is 48.5 Å². The lowest BCUT2D eigenvalue weighted by Gasteiger charge is -2.23. The van der Waals surface area contributed by atoms with Crippen LogP contribution in [-0.4, -0.2) is 73.2 Å². The van der Waals surface area contributed by atoms with Crippen LogP contribution in [-0.2, 0) is 16.0 Å². The van der Waals surface area contributed by atoms with E-state index in [1.807, 2.05) is 36.4 Å². The fraction of sp³-hybridized carbons (Fsp3) is 0.467. The molecule has 2 aliphatic rings. The van der Waals surface area contributed by atoms with Crippen molar-refractivity contribution in [3.8, 4) is 11.5 Å². The van der Waals surface area contributed by atoms with E-state index in [1.54, 1.807) is 12.1 Å². The number of hydrogen-bond acceptors (Lipinski definition) is 11. The van der Waals surface area contributed by atoms with Crippen molar-refractivity contribution in [3.05, 3.63) is 59.7 Å². The van der Waals surface area contributed by atoms with E-state index in [4.69, 9.17) is 18.9 Å². The lowest BCUT2D eigenvalue weighted by molar-refractivity contribution is 0.0519. The van der Waals surface area contributed by atoms with E-state index in [-0.39, 0.29) is 12.7 Å². The Morgan fingerprint density at radius 2 is 1.52 bits per heavy atom. The first-order valence-electron chi connectivity index (χ1n) is 14.6. The molecule has 4 N–H and O–H groups in total. The van der Waals surface area contributed by atoms with Gasteiger partial charge in [0.1, 0.15) is 0 Å². The summed E-state index contributed by atoms with van der Waals surface area (Å²) in [7, 11) is 0. The Morgan fingerprint density at radius 1 is 0.786 bits per heavy atom. The first-order valence-corrected chi connectivity index (χ1v) is 14.6. The largest absolute Gasteiger partial charge is 0.454 e. The van der Waals surface area contributed by atoms with Gasteiger partial charge in [-0.2, -0.15) is 15.0 Å². The number of nitrogens with zero attached hydrogens (tertiary/aromatic N) is 3. The van der Waals surface area contributed by atoms with Crippen LogP contribution in [0.1, 0.15) is 48.0 Å². The molecule has 0 saturated heterocycles. The fourth-order valence-electron chi connectivity index (χ4n) is 4.82. The van der Waals surface area contributed by atoms with Crippen molar-refractivity contribution in [2.45, 2.75) is 44.7 Å². The van der Waals surface area contributed by atoms with E-state index < -0.39 is 0 Å². The molecule has 0 atom stereocenters. The zero-order valence-electron chi connectivity index (χ0n) is 23.8. The zero-order chi connectivity index (χ0) is 28.8. The van der Waals surface area contributed by atoms with Crippen molar-refractivity contribution in [2.24, 2.45) is 0 Å². The third-order valence-corrected chi connectivity index (χ3v) is 6.96. The van der Waals surface area contributed by atoms with Crippen LogP contribution in [0, 0.1) is 0 Å². The Bertz CT molecular complexity index is 1270. The fourth-order valence-corrected chi connectivity index (χ4v) is 4.82. The van der Waals surface area contributed by atoms with Crippen molar-refractivity contribution < 1.29 is 23.7 Å². The molecule has 2 heterocycles. The molecule has 0 spiro atoms. The molecule has 2 aromatic carbocycles. The Kier molecular flexibility index (Phi) is 11.0. The topological polar surface area (TPSA) is 141 Å². The highest BCUT2D eigenvalue weighted by molar-refractivity contribution is 5.94. The van der Waals surface area contributed by atoms with Gasteiger partial charge in [-0.1, -0.05) is 49.6 Å². The van der Waals surface area contributed by atoms with Crippen molar-refractivity contribution in [1.82, 2.24) is 20.3 Å². The van der Waals surface area contributed by atoms with Crippen molar-refractivity contribution in [3.63, 3.8) is 0 Å². The molecule has 1 saturated carbocycles. The highest BCUT2D eigenvalue weighted by atomic mass is 16.7. The molecule has 3 aromatic rings. The van der Waals surface area contributed by atoms with E-state index >= 15 is 0 Å². The monoisotopic (exact) mass is 577 g/mol. The molecule has 224 valence electrons. The molecule has 5 rings (SSSR count). The van der Waals surface area contributed by atoms with Crippen molar-refractivity contribution >= 4 is 23.8 Å². The second-order valence-corrected chi connectivity index (χ2v) is 10.1. The summed E-state index contributed by atoms with van der Waals surface area (Å²) < 4.78 is 22.3. The predicted octanol–water partition coefficient (Wildman–Crippen LogP) is 3.83. The van der Waals surface area contributed by atoms with Crippen molar-refractivity contribution in [2.75, 3.05) is 62.3 Å². The number of fused-ring (bicyclic) bond motifs is 1. The number of benzene rings is 2. The summed E-state index contributed by atoms with van der Waals surface area (Å²) in [4.78, 5) is 25.8. The molecule has 12 nitrogen and oxygen atoms in total. The Labute approximate surface area is 245 Å². The third kappa shape index (κ3) is 8.92. The number of nitrogens with one attached hydrogen (secondary N) is 4. The van der Waals surface area contributed by atoms with Gasteiger partial charge in [0.05, 0.1) is 26.4 Å². The van der Waals surface area contributed by atoms with Gasteiger partial charge < -0.3 is 40.2 Å². The quantitative estimate of drug-likeness (QED) is 0.185. The molecule has 12 heteroatoms. The highest BCUT2D eigenvalue weighted by Crippen LogP contribution is 2.35. The number of hydrogen-bond donors (Lipinski definition) is 4. The Balaban J connectivity index is 1.04. The van der Waals surface area contributed by atoms with Gasteiger partial charge in [0.25, 0.3) is 5.91 Å². The Hall–Kier alpha value is -4.16. The minimum atomic E-state index is -0.109. The van der Waals surface area contributed by atoms with Gasteiger partial charge in [0.15, 0.2) is 11.5 Å². The molecule has 1 amide bonds. The van der Waals surface area contributed by atoms with Gasteiger partial charge in [-0.05, 0) is 31.0 Å². The molecule has 1 aliphatic carbocycles. The van der Waals surface area contributed by atoms with Gasteiger partial charge >= 0.3 is 0 Å². The standard InChI is InChI=1S/C30H39N7O5/c38-27(22-8-3-1-4-9-22)31-14-16-39-18-19-40-17-15-32-28-35-29(37-30(36-28)34-24-11-5-2-6-12-24)33-20-23-10-7-13-25-26(23)42-21-41-25/h1,3-4,7-10,13,24H,2,5-6,11-12,14-21H2,(H,31,38)(H3,32,33,34,35,36,37). The van der Waals surface area contributed by atoms with Crippen LogP contribution in [0.4, 0.5) is 17.8 Å². The Morgan fingerprint density at radius 3 is 2.33 bits per heavy atom. The normalized spacial score (nSPS) is 14.4. The number of ether oxygens (including phenoxy) is 4.